The summed E-state index contributed by atoms with van der Waals surface area (Å²) in [6.45, 7) is 3.82. The van der Waals surface area contributed by atoms with E-state index in [2.05, 4.69) is 22.0 Å². The van der Waals surface area contributed by atoms with E-state index in [0.29, 0.717) is 11.8 Å². The maximum absolute atomic E-state index is 12.4. The summed E-state index contributed by atoms with van der Waals surface area (Å²) in [5, 5.41) is 4.21. The highest BCUT2D eigenvalue weighted by Crippen LogP contribution is 2.47. The fraction of sp³-hybridized carbons (Fsp3) is 0.842. The Morgan fingerprint density at radius 1 is 1.24 bits per heavy atom. The monoisotopic (exact) mass is 347 g/mol. The molecule has 0 unspecified atom stereocenters. The number of carbonyl (C=O) groups is 1. The standard InChI is InChI=1S/C19H29N3O3/c1-18(9-10-18)17(23)22-11-5-14(6-12-22)13-15-20-16(21-25-15)19(24-2)7-3-4-8-19/h14H,3-13H2,1-2H3. The number of amides is 1. The Morgan fingerprint density at radius 3 is 2.52 bits per heavy atom. The van der Waals surface area contributed by atoms with Gasteiger partial charge < -0.3 is 14.2 Å². The highest BCUT2D eigenvalue weighted by molar-refractivity contribution is 5.84. The third-order valence-corrected chi connectivity index (χ3v) is 6.56. The maximum Gasteiger partial charge on any atom is 0.228 e. The molecule has 1 aromatic rings. The molecule has 1 amide bonds. The van der Waals surface area contributed by atoms with Crippen molar-refractivity contribution >= 4 is 5.91 Å². The number of aromatic nitrogens is 2. The molecule has 0 bridgehead atoms. The van der Waals surface area contributed by atoms with E-state index >= 15 is 0 Å². The van der Waals surface area contributed by atoms with Crippen LogP contribution in [0.4, 0.5) is 0 Å². The van der Waals surface area contributed by atoms with E-state index in [1.807, 2.05) is 0 Å². The molecular weight excluding hydrogens is 318 g/mol. The number of nitrogens with zero attached hydrogens (tertiary/aromatic N) is 3. The van der Waals surface area contributed by atoms with E-state index in [-0.39, 0.29) is 11.0 Å². The molecule has 0 atom stereocenters. The van der Waals surface area contributed by atoms with Crippen LogP contribution >= 0.6 is 0 Å². The predicted octanol–water partition coefficient (Wildman–Crippen LogP) is 3.07. The van der Waals surface area contributed by atoms with Crippen LogP contribution in [0.15, 0.2) is 4.52 Å². The summed E-state index contributed by atoms with van der Waals surface area (Å²) >= 11 is 0. The van der Waals surface area contributed by atoms with Gasteiger partial charge in [-0.05, 0) is 57.3 Å². The average Bonchev–Trinajstić information content (AvgIpc) is 3.05. The van der Waals surface area contributed by atoms with Crippen molar-refractivity contribution in [1.82, 2.24) is 15.0 Å². The summed E-state index contributed by atoms with van der Waals surface area (Å²) in [5.74, 6) is 2.31. The minimum atomic E-state index is -0.336. The van der Waals surface area contributed by atoms with Crippen LogP contribution < -0.4 is 0 Å². The lowest BCUT2D eigenvalue weighted by atomic mass is 9.92. The smallest absolute Gasteiger partial charge is 0.228 e. The van der Waals surface area contributed by atoms with Gasteiger partial charge in [-0.25, -0.2) is 0 Å². The largest absolute Gasteiger partial charge is 0.370 e. The SMILES string of the molecule is COC1(c2noc(CC3CCN(C(=O)C4(C)CC4)CC3)n2)CCCC1. The van der Waals surface area contributed by atoms with E-state index in [0.717, 1.165) is 82.6 Å². The number of piperidine rings is 1. The second-order valence-corrected chi connectivity index (χ2v) is 8.42. The fourth-order valence-electron chi connectivity index (χ4n) is 4.36. The van der Waals surface area contributed by atoms with Crippen molar-refractivity contribution in [2.45, 2.75) is 70.3 Å². The summed E-state index contributed by atoms with van der Waals surface area (Å²) in [4.78, 5) is 19.1. The zero-order chi connectivity index (χ0) is 17.5. The molecule has 4 rings (SSSR count). The second-order valence-electron chi connectivity index (χ2n) is 8.42. The molecule has 138 valence electrons. The van der Waals surface area contributed by atoms with Gasteiger partial charge in [0.2, 0.25) is 17.6 Å². The Labute approximate surface area is 149 Å². The van der Waals surface area contributed by atoms with Gasteiger partial charge in [0, 0.05) is 32.0 Å². The van der Waals surface area contributed by atoms with Gasteiger partial charge in [0.25, 0.3) is 0 Å². The zero-order valence-corrected chi connectivity index (χ0v) is 15.4. The molecule has 6 heteroatoms. The number of methoxy groups -OCH3 is 1. The molecule has 2 saturated carbocycles. The van der Waals surface area contributed by atoms with Crippen LogP contribution in [0, 0.1) is 11.3 Å². The van der Waals surface area contributed by atoms with Gasteiger partial charge in [-0.15, -0.1) is 0 Å². The molecule has 0 radical (unpaired) electrons. The Balaban J connectivity index is 1.32. The minimum Gasteiger partial charge on any atom is -0.370 e. The highest BCUT2D eigenvalue weighted by atomic mass is 16.5. The molecule has 1 aromatic heterocycles. The van der Waals surface area contributed by atoms with Crippen LogP contribution in [0.25, 0.3) is 0 Å². The van der Waals surface area contributed by atoms with E-state index in [1.165, 1.54) is 0 Å². The van der Waals surface area contributed by atoms with Crippen LogP contribution in [0.2, 0.25) is 0 Å². The lowest BCUT2D eigenvalue weighted by Crippen LogP contribution is -2.42. The van der Waals surface area contributed by atoms with Crippen LogP contribution in [0.3, 0.4) is 0 Å². The van der Waals surface area contributed by atoms with Crippen molar-refractivity contribution in [3.8, 4) is 0 Å². The molecule has 3 aliphatic rings. The Bertz CT molecular complexity index is 624. The normalized spacial score (nSPS) is 25.3. The summed E-state index contributed by atoms with van der Waals surface area (Å²) in [6.07, 6.45) is 9.22. The molecule has 2 heterocycles. The number of hydrogen-bond donors (Lipinski definition) is 0. The minimum absolute atomic E-state index is 0.0516. The quantitative estimate of drug-likeness (QED) is 0.819. The summed E-state index contributed by atoms with van der Waals surface area (Å²) in [5.41, 5.74) is -0.388. The van der Waals surface area contributed by atoms with Gasteiger partial charge in [-0.1, -0.05) is 12.1 Å². The van der Waals surface area contributed by atoms with Crippen molar-refractivity contribution in [2.75, 3.05) is 20.2 Å². The van der Waals surface area contributed by atoms with Crippen LogP contribution in [0.5, 0.6) is 0 Å². The molecule has 1 saturated heterocycles. The van der Waals surface area contributed by atoms with Crippen LogP contribution in [-0.4, -0.2) is 41.1 Å². The second kappa shape index (κ2) is 6.38. The van der Waals surface area contributed by atoms with Crippen molar-refractivity contribution in [1.29, 1.82) is 0 Å². The molecule has 6 nitrogen and oxygen atoms in total. The first-order chi connectivity index (χ1) is 12.0. The van der Waals surface area contributed by atoms with Crippen molar-refractivity contribution in [3.05, 3.63) is 11.7 Å². The number of ether oxygens (including phenoxy) is 1. The van der Waals surface area contributed by atoms with E-state index < -0.39 is 0 Å². The van der Waals surface area contributed by atoms with E-state index in [1.54, 1.807) is 7.11 Å². The topological polar surface area (TPSA) is 68.5 Å². The zero-order valence-electron chi connectivity index (χ0n) is 15.4. The van der Waals surface area contributed by atoms with E-state index in [9.17, 15) is 4.79 Å². The van der Waals surface area contributed by atoms with Gasteiger partial charge in [-0.3, -0.25) is 4.79 Å². The van der Waals surface area contributed by atoms with E-state index in [4.69, 9.17) is 9.26 Å². The Hall–Kier alpha value is -1.43. The van der Waals surface area contributed by atoms with Crippen molar-refractivity contribution in [2.24, 2.45) is 11.3 Å². The van der Waals surface area contributed by atoms with Gasteiger partial charge in [-0.2, -0.15) is 4.98 Å². The molecular formula is C19H29N3O3. The number of likely N-dealkylation sites (tertiary alicyclic amines) is 1. The average molecular weight is 347 g/mol. The predicted molar refractivity (Wildman–Crippen MR) is 91.8 cm³/mol. The first-order valence-corrected chi connectivity index (χ1v) is 9.72. The van der Waals surface area contributed by atoms with Crippen LogP contribution in [0.1, 0.15) is 70.0 Å². The van der Waals surface area contributed by atoms with Crippen LogP contribution in [-0.2, 0) is 21.6 Å². The number of carbonyl (C=O) groups excluding carboxylic acids is 1. The number of rotatable bonds is 5. The molecule has 2 aliphatic carbocycles. The highest BCUT2D eigenvalue weighted by Gasteiger charge is 2.47. The van der Waals surface area contributed by atoms with Gasteiger partial charge in [0.05, 0.1) is 0 Å². The molecule has 25 heavy (non-hydrogen) atoms. The summed E-state index contributed by atoms with van der Waals surface area (Å²) in [6, 6.07) is 0. The van der Waals surface area contributed by atoms with Gasteiger partial charge in [0.1, 0.15) is 5.60 Å². The fourth-order valence-corrected chi connectivity index (χ4v) is 4.36. The maximum atomic E-state index is 12.4. The molecule has 1 aliphatic heterocycles. The summed E-state index contributed by atoms with van der Waals surface area (Å²) < 4.78 is 11.3. The Kier molecular flexibility index (Phi) is 4.34. The van der Waals surface area contributed by atoms with Crippen molar-refractivity contribution < 1.29 is 14.1 Å². The Morgan fingerprint density at radius 2 is 1.92 bits per heavy atom. The van der Waals surface area contributed by atoms with Gasteiger partial charge in [0.15, 0.2) is 0 Å². The van der Waals surface area contributed by atoms with Crippen molar-refractivity contribution in [3.63, 3.8) is 0 Å². The lowest BCUT2D eigenvalue weighted by molar-refractivity contribution is -0.137. The molecule has 0 spiro atoms. The summed E-state index contributed by atoms with van der Waals surface area (Å²) in [7, 11) is 1.74. The number of hydrogen-bond acceptors (Lipinski definition) is 5. The van der Waals surface area contributed by atoms with Gasteiger partial charge >= 0.3 is 0 Å². The molecule has 3 fully saturated rings. The first-order valence-electron chi connectivity index (χ1n) is 9.72. The first kappa shape index (κ1) is 17.0. The molecule has 0 aromatic carbocycles. The molecule has 0 N–H and O–H groups in total. The third-order valence-electron chi connectivity index (χ3n) is 6.56. The third kappa shape index (κ3) is 3.21. The lowest BCUT2D eigenvalue weighted by Gasteiger charge is -2.33.